The minimum absolute atomic E-state index is 0.0571. The van der Waals surface area contributed by atoms with Crippen LogP contribution in [0.25, 0.3) is 16.5 Å². The number of hydrogen-bond donors (Lipinski definition) is 2. The maximum atomic E-state index is 13.9. The van der Waals surface area contributed by atoms with Crippen molar-refractivity contribution in [3.63, 3.8) is 0 Å². The molecular weight excluding hydrogens is 502 g/mol. The topological polar surface area (TPSA) is 92.7 Å². The van der Waals surface area contributed by atoms with Crippen molar-refractivity contribution in [1.82, 2.24) is 0 Å². The van der Waals surface area contributed by atoms with Crippen LogP contribution in [-0.2, 0) is 20.7 Å². The fourth-order valence-electron chi connectivity index (χ4n) is 5.12. The molecule has 2 N–H and O–H groups in total. The standard InChI is InChI=1S/C34H31NO5/c1-20-10-9-13-24(19-34(2,3)4)28(20)35-32(38)30(37)27(31-25-14-7-8-15-26(25)33(39)40-31)29(36)23-17-16-21-11-5-6-12-22(21)18-23/h5-18,31,36H,19H2,1-4H3,(H,35,38). The third kappa shape index (κ3) is 5.25. The molecule has 202 valence electrons. The molecule has 1 heterocycles. The van der Waals surface area contributed by atoms with Gasteiger partial charge < -0.3 is 15.2 Å². The van der Waals surface area contributed by atoms with Gasteiger partial charge in [-0.15, -0.1) is 0 Å². The third-order valence-corrected chi connectivity index (χ3v) is 7.00. The molecule has 1 aliphatic heterocycles. The second-order valence-corrected chi connectivity index (χ2v) is 11.3. The molecule has 0 fully saturated rings. The van der Waals surface area contributed by atoms with Crippen LogP contribution in [0.3, 0.4) is 0 Å². The highest BCUT2D eigenvalue weighted by Gasteiger charge is 2.40. The molecule has 0 saturated heterocycles. The maximum Gasteiger partial charge on any atom is 0.339 e. The number of Topliss-reactive ketones (excluding diaryl/α,β-unsaturated/α-hetero) is 1. The number of hydrogen-bond acceptors (Lipinski definition) is 5. The summed E-state index contributed by atoms with van der Waals surface area (Å²) in [7, 11) is 0. The Labute approximate surface area is 233 Å². The zero-order chi connectivity index (χ0) is 28.6. The zero-order valence-corrected chi connectivity index (χ0v) is 22.9. The number of ketones is 1. The lowest BCUT2D eigenvalue weighted by molar-refractivity contribution is -0.133. The summed E-state index contributed by atoms with van der Waals surface area (Å²) in [6.45, 7) is 8.16. The Morgan fingerprint density at radius 3 is 2.35 bits per heavy atom. The number of ether oxygens (including phenoxy) is 1. The number of carbonyl (C=O) groups excluding carboxylic acids is 3. The van der Waals surface area contributed by atoms with Gasteiger partial charge in [0.25, 0.3) is 11.7 Å². The molecule has 0 saturated carbocycles. The normalized spacial score (nSPS) is 15.3. The summed E-state index contributed by atoms with van der Waals surface area (Å²) in [4.78, 5) is 40.2. The van der Waals surface area contributed by atoms with Crippen molar-refractivity contribution in [1.29, 1.82) is 0 Å². The molecule has 0 aromatic heterocycles. The Balaban J connectivity index is 1.60. The number of esters is 1. The predicted octanol–water partition coefficient (Wildman–Crippen LogP) is 7.13. The van der Waals surface area contributed by atoms with Crippen LogP contribution in [0.5, 0.6) is 0 Å². The van der Waals surface area contributed by atoms with Gasteiger partial charge in [-0.2, -0.15) is 0 Å². The molecule has 6 nitrogen and oxygen atoms in total. The van der Waals surface area contributed by atoms with E-state index in [1.54, 1.807) is 36.4 Å². The van der Waals surface area contributed by atoms with Crippen LogP contribution in [0.2, 0.25) is 0 Å². The van der Waals surface area contributed by atoms with E-state index in [4.69, 9.17) is 4.74 Å². The summed E-state index contributed by atoms with van der Waals surface area (Å²) in [5.41, 5.74) is 2.95. The number of aryl methyl sites for hydroxylation is 1. The lowest BCUT2D eigenvalue weighted by atomic mass is 9.86. The first-order chi connectivity index (χ1) is 19.0. The molecule has 6 heteroatoms. The quantitative estimate of drug-likeness (QED) is 0.119. The number of benzene rings is 4. The molecule has 0 spiro atoms. The number of aliphatic hydroxyl groups excluding tert-OH is 1. The number of carbonyl (C=O) groups is 3. The van der Waals surface area contributed by atoms with E-state index in [2.05, 4.69) is 26.1 Å². The molecule has 0 radical (unpaired) electrons. The Hall–Kier alpha value is -4.71. The Bertz CT molecular complexity index is 1690. The molecule has 1 aliphatic rings. The molecular formula is C34H31NO5. The van der Waals surface area contributed by atoms with Crippen LogP contribution in [0.15, 0.2) is 90.5 Å². The number of aliphatic hydroxyl groups is 1. The summed E-state index contributed by atoms with van der Waals surface area (Å²) in [5.74, 6) is -2.94. The molecule has 1 amide bonds. The number of cyclic esters (lactones) is 1. The molecule has 4 aromatic carbocycles. The summed E-state index contributed by atoms with van der Waals surface area (Å²) in [6, 6.07) is 25.2. The van der Waals surface area contributed by atoms with Crippen LogP contribution in [0.4, 0.5) is 5.69 Å². The largest absolute Gasteiger partial charge is 0.507 e. The van der Waals surface area contributed by atoms with E-state index in [1.165, 1.54) is 0 Å². The van der Waals surface area contributed by atoms with E-state index in [9.17, 15) is 19.5 Å². The van der Waals surface area contributed by atoms with E-state index >= 15 is 0 Å². The van der Waals surface area contributed by atoms with E-state index in [-0.39, 0.29) is 16.6 Å². The van der Waals surface area contributed by atoms with Gasteiger partial charge in [-0.1, -0.05) is 93.6 Å². The van der Waals surface area contributed by atoms with Gasteiger partial charge in [0.05, 0.1) is 11.1 Å². The van der Waals surface area contributed by atoms with Gasteiger partial charge in [-0.3, -0.25) is 9.59 Å². The second-order valence-electron chi connectivity index (χ2n) is 11.3. The molecule has 4 aromatic rings. The molecule has 5 rings (SSSR count). The van der Waals surface area contributed by atoms with E-state index in [0.717, 1.165) is 21.9 Å². The molecule has 0 aliphatic carbocycles. The summed E-state index contributed by atoms with van der Waals surface area (Å²) in [5, 5.41) is 16.1. The smallest absolute Gasteiger partial charge is 0.339 e. The Morgan fingerprint density at radius 2 is 1.60 bits per heavy atom. The van der Waals surface area contributed by atoms with E-state index < -0.39 is 29.5 Å². The first-order valence-corrected chi connectivity index (χ1v) is 13.2. The van der Waals surface area contributed by atoms with Crippen molar-refractivity contribution < 1.29 is 24.2 Å². The lowest BCUT2D eigenvalue weighted by Crippen LogP contribution is -2.29. The van der Waals surface area contributed by atoms with E-state index in [0.29, 0.717) is 23.2 Å². The highest BCUT2D eigenvalue weighted by molar-refractivity contribution is 6.47. The number of para-hydroxylation sites is 1. The van der Waals surface area contributed by atoms with Crippen LogP contribution in [-0.4, -0.2) is 22.8 Å². The minimum Gasteiger partial charge on any atom is -0.507 e. The van der Waals surface area contributed by atoms with Crippen molar-refractivity contribution in [2.45, 2.75) is 40.2 Å². The van der Waals surface area contributed by atoms with Crippen LogP contribution in [0, 0.1) is 12.3 Å². The Morgan fingerprint density at radius 1 is 0.900 bits per heavy atom. The van der Waals surface area contributed by atoms with Crippen molar-refractivity contribution in [2.24, 2.45) is 5.41 Å². The maximum absolute atomic E-state index is 13.9. The third-order valence-electron chi connectivity index (χ3n) is 7.00. The molecule has 0 bridgehead atoms. The van der Waals surface area contributed by atoms with Crippen LogP contribution < -0.4 is 5.32 Å². The molecule has 40 heavy (non-hydrogen) atoms. The number of rotatable bonds is 6. The fraction of sp³-hybridized carbons (Fsp3) is 0.206. The second kappa shape index (κ2) is 10.5. The van der Waals surface area contributed by atoms with Crippen molar-refractivity contribution >= 4 is 39.9 Å². The van der Waals surface area contributed by atoms with Crippen molar-refractivity contribution in [3.8, 4) is 0 Å². The minimum atomic E-state index is -1.24. The van der Waals surface area contributed by atoms with E-state index in [1.807, 2.05) is 55.5 Å². The first kappa shape index (κ1) is 26.9. The van der Waals surface area contributed by atoms with Gasteiger partial charge in [-0.25, -0.2) is 4.79 Å². The van der Waals surface area contributed by atoms with Gasteiger partial charge in [0.2, 0.25) is 0 Å². The lowest BCUT2D eigenvalue weighted by Gasteiger charge is -2.22. The highest BCUT2D eigenvalue weighted by atomic mass is 16.5. The summed E-state index contributed by atoms with van der Waals surface area (Å²) >= 11 is 0. The van der Waals surface area contributed by atoms with Crippen LogP contribution >= 0.6 is 0 Å². The van der Waals surface area contributed by atoms with Gasteiger partial charge in [-0.05, 0) is 52.8 Å². The van der Waals surface area contributed by atoms with Crippen molar-refractivity contribution in [3.05, 3.63) is 118 Å². The van der Waals surface area contributed by atoms with Gasteiger partial charge >= 0.3 is 5.97 Å². The van der Waals surface area contributed by atoms with Gasteiger partial charge in [0.1, 0.15) is 5.76 Å². The first-order valence-electron chi connectivity index (χ1n) is 13.2. The molecule has 1 unspecified atom stereocenters. The number of anilines is 1. The highest BCUT2D eigenvalue weighted by Crippen LogP contribution is 2.39. The summed E-state index contributed by atoms with van der Waals surface area (Å²) in [6.07, 6.45) is -0.559. The zero-order valence-electron chi connectivity index (χ0n) is 22.9. The predicted molar refractivity (Wildman–Crippen MR) is 156 cm³/mol. The van der Waals surface area contributed by atoms with Gasteiger partial charge in [0, 0.05) is 16.8 Å². The molecule has 1 atom stereocenters. The fourth-order valence-corrected chi connectivity index (χ4v) is 5.12. The van der Waals surface area contributed by atoms with Crippen LogP contribution in [0.1, 0.15) is 59.5 Å². The number of amides is 1. The Kier molecular flexibility index (Phi) is 7.03. The number of fused-ring (bicyclic) bond motifs is 2. The SMILES string of the molecule is Cc1cccc(CC(C)(C)C)c1NC(=O)C(=O)C(=C(O)c1ccc2ccccc2c1)C1OC(=O)c2ccccc21. The average Bonchev–Trinajstić information content (AvgIpc) is 3.25. The van der Waals surface area contributed by atoms with Gasteiger partial charge in [0.15, 0.2) is 6.10 Å². The average molecular weight is 534 g/mol. The number of nitrogens with one attached hydrogen (secondary N) is 1. The van der Waals surface area contributed by atoms with Crippen molar-refractivity contribution in [2.75, 3.05) is 5.32 Å². The summed E-state index contributed by atoms with van der Waals surface area (Å²) < 4.78 is 5.60. The monoisotopic (exact) mass is 533 g/mol.